The van der Waals surface area contributed by atoms with Crippen LogP contribution in [0.1, 0.15) is 5.69 Å². The van der Waals surface area contributed by atoms with Crippen LogP contribution in [0.4, 0.5) is 0 Å². The van der Waals surface area contributed by atoms with Crippen molar-refractivity contribution < 1.29 is 4.74 Å². The van der Waals surface area contributed by atoms with Crippen LogP contribution in [-0.2, 0) is 6.61 Å². The zero-order valence-electron chi connectivity index (χ0n) is 7.18. The fourth-order valence-corrected chi connectivity index (χ4v) is 1.59. The second-order valence-corrected chi connectivity index (χ2v) is 3.63. The Labute approximate surface area is 90.5 Å². The molecular formula is C9H7ClN2OS. The van der Waals surface area contributed by atoms with E-state index >= 15 is 0 Å². The number of ether oxygens (including phenoxy) is 1. The van der Waals surface area contributed by atoms with E-state index in [1.807, 2.05) is 23.6 Å². The molecule has 1 heterocycles. The predicted octanol–water partition coefficient (Wildman–Crippen LogP) is 2.77. The Balaban J connectivity index is 2.02. The Morgan fingerprint density at radius 1 is 1.36 bits per heavy atom. The number of halogens is 1. The first kappa shape index (κ1) is 9.43. The minimum Gasteiger partial charge on any atom is -0.486 e. The normalized spacial score (nSPS) is 10.1. The largest absolute Gasteiger partial charge is 0.486 e. The van der Waals surface area contributed by atoms with E-state index < -0.39 is 0 Å². The highest BCUT2D eigenvalue weighted by Crippen LogP contribution is 2.23. The van der Waals surface area contributed by atoms with E-state index in [-0.39, 0.29) is 0 Å². The van der Waals surface area contributed by atoms with Crippen molar-refractivity contribution in [3.63, 3.8) is 0 Å². The van der Waals surface area contributed by atoms with Crippen LogP contribution in [-0.4, -0.2) is 9.59 Å². The molecule has 0 aliphatic heterocycles. The van der Waals surface area contributed by atoms with Crippen LogP contribution in [0.15, 0.2) is 29.6 Å². The Bertz CT molecular complexity index is 405. The highest BCUT2D eigenvalue weighted by atomic mass is 35.5. The lowest BCUT2D eigenvalue weighted by molar-refractivity contribution is 0.301. The average molecular weight is 227 g/mol. The van der Waals surface area contributed by atoms with Crippen LogP contribution in [0, 0.1) is 0 Å². The average Bonchev–Trinajstić information content (AvgIpc) is 2.69. The van der Waals surface area contributed by atoms with Crippen molar-refractivity contribution in [1.29, 1.82) is 0 Å². The van der Waals surface area contributed by atoms with E-state index in [0.717, 1.165) is 5.69 Å². The fourth-order valence-electron chi connectivity index (χ4n) is 0.960. The molecule has 1 aromatic carbocycles. The molecule has 0 saturated heterocycles. The second kappa shape index (κ2) is 4.39. The third-order valence-electron chi connectivity index (χ3n) is 1.62. The second-order valence-electron chi connectivity index (χ2n) is 2.62. The van der Waals surface area contributed by atoms with Gasteiger partial charge >= 0.3 is 0 Å². The van der Waals surface area contributed by atoms with Gasteiger partial charge in [0.25, 0.3) is 0 Å². The molecule has 0 amide bonds. The number of benzene rings is 1. The van der Waals surface area contributed by atoms with Gasteiger partial charge in [0.1, 0.15) is 18.1 Å². The summed E-state index contributed by atoms with van der Waals surface area (Å²) in [5.74, 6) is 0.669. The lowest BCUT2D eigenvalue weighted by Crippen LogP contribution is -1.95. The van der Waals surface area contributed by atoms with Gasteiger partial charge in [-0.3, -0.25) is 0 Å². The lowest BCUT2D eigenvalue weighted by atomic mass is 10.3. The van der Waals surface area contributed by atoms with Crippen molar-refractivity contribution in [3.05, 3.63) is 40.4 Å². The minimum atomic E-state index is 0.403. The molecule has 0 radical (unpaired) electrons. The molecule has 14 heavy (non-hydrogen) atoms. The Morgan fingerprint density at radius 3 is 2.93 bits per heavy atom. The van der Waals surface area contributed by atoms with Crippen molar-refractivity contribution in [2.24, 2.45) is 0 Å². The Hall–Kier alpha value is -1.13. The molecule has 0 spiro atoms. The molecule has 0 atom stereocenters. The molecular weight excluding hydrogens is 220 g/mol. The summed E-state index contributed by atoms with van der Waals surface area (Å²) in [5, 5.41) is 6.31. The first-order valence-corrected chi connectivity index (χ1v) is 5.21. The van der Waals surface area contributed by atoms with E-state index in [9.17, 15) is 0 Å². The molecule has 0 aliphatic carbocycles. The van der Waals surface area contributed by atoms with Crippen molar-refractivity contribution in [2.75, 3.05) is 0 Å². The first-order chi connectivity index (χ1) is 6.86. The third kappa shape index (κ3) is 2.21. The maximum absolute atomic E-state index is 5.91. The van der Waals surface area contributed by atoms with Gasteiger partial charge in [0.15, 0.2) is 0 Å². The zero-order chi connectivity index (χ0) is 9.80. The van der Waals surface area contributed by atoms with Crippen LogP contribution in [0.3, 0.4) is 0 Å². The van der Waals surface area contributed by atoms with Crippen LogP contribution >= 0.6 is 23.1 Å². The van der Waals surface area contributed by atoms with Crippen LogP contribution in [0.25, 0.3) is 0 Å². The highest BCUT2D eigenvalue weighted by molar-refractivity contribution is 7.03. The number of para-hydroxylation sites is 1. The number of hydrogen-bond acceptors (Lipinski definition) is 4. The van der Waals surface area contributed by atoms with Gasteiger partial charge in [-0.2, -0.15) is 0 Å². The molecule has 1 aromatic heterocycles. The van der Waals surface area contributed by atoms with E-state index in [1.165, 1.54) is 11.5 Å². The van der Waals surface area contributed by atoms with Gasteiger partial charge in [-0.05, 0) is 23.7 Å². The third-order valence-corrected chi connectivity index (χ3v) is 2.48. The number of nitrogens with zero attached hydrogens (tertiary/aromatic N) is 2. The molecule has 72 valence electrons. The molecule has 0 saturated carbocycles. The van der Waals surface area contributed by atoms with E-state index in [1.54, 1.807) is 6.07 Å². The van der Waals surface area contributed by atoms with E-state index in [0.29, 0.717) is 17.4 Å². The van der Waals surface area contributed by atoms with Gasteiger partial charge in [-0.25, -0.2) is 0 Å². The monoisotopic (exact) mass is 226 g/mol. The molecule has 2 aromatic rings. The molecule has 0 bridgehead atoms. The van der Waals surface area contributed by atoms with Crippen LogP contribution in [0.2, 0.25) is 5.02 Å². The summed E-state index contributed by atoms with van der Waals surface area (Å²) in [4.78, 5) is 0. The summed E-state index contributed by atoms with van der Waals surface area (Å²) in [7, 11) is 0. The SMILES string of the molecule is Clc1ccccc1OCc1csnn1. The van der Waals surface area contributed by atoms with Gasteiger partial charge in [0, 0.05) is 5.38 Å². The van der Waals surface area contributed by atoms with Crippen molar-refractivity contribution in [1.82, 2.24) is 9.59 Å². The van der Waals surface area contributed by atoms with Crippen LogP contribution < -0.4 is 4.74 Å². The summed E-state index contributed by atoms with van der Waals surface area (Å²) in [6.45, 7) is 0.403. The van der Waals surface area contributed by atoms with Crippen molar-refractivity contribution in [3.8, 4) is 5.75 Å². The predicted molar refractivity (Wildman–Crippen MR) is 55.7 cm³/mol. The Kier molecular flexibility index (Phi) is 2.96. The number of rotatable bonds is 3. The lowest BCUT2D eigenvalue weighted by Gasteiger charge is -2.04. The molecule has 2 rings (SSSR count). The summed E-state index contributed by atoms with van der Waals surface area (Å²) in [6.07, 6.45) is 0. The Morgan fingerprint density at radius 2 is 2.21 bits per heavy atom. The zero-order valence-corrected chi connectivity index (χ0v) is 8.76. The van der Waals surface area contributed by atoms with Gasteiger partial charge in [0.05, 0.1) is 5.02 Å². The molecule has 0 fully saturated rings. The van der Waals surface area contributed by atoms with Crippen LogP contribution in [0.5, 0.6) is 5.75 Å². The maximum Gasteiger partial charge on any atom is 0.138 e. The number of aromatic nitrogens is 2. The number of hydrogen-bond donors (Lipinski definition) is 0. The maximum atomic E-state index is 5.91. The first-order valence-electron chi connectivity index (χ1n) is 3.99. The fraction of sp³-hybridized carbons (Fsp3) is 0.111. The molecule has 3 nitrogen and oxygen atoms in total. The molecule has 0 unspecified atom stereocenters. The summed E-state index contributed by atoms with van der Waals surface area (Å²) in [6, 6.07) is 7.35. The highest BCUT2D eigenvalue weighted by Gasteiger charge is 2.01. The van der Waals surface area contributed by atoms with Gasteiger partial charge < -0.3 is 4.74 Å². The van der Waals surface area contributed by atoms with E-state index in [4.69, 9.17) is 16.3 Å². The molecule has 0 N–H and O–H groups in total. The molecule has 0 aliphatic rings. The topological polar surface area (TPSA) is 35.0 Å². The smallest absolute Gasteiger partial charge is 0.138 e. The van der Waals surface area contributed by atoms with E-state index in [2.05, 4.69) is 9.59 Å². The summed E-state index contributed by atoms with van der Waals surface area (Å²) >= 11 is 7.21. The van der Waals surface area contributed by atoms with Gasteiger partial charge in [-0.1, -0.05) is 28.2 Å². The standard InChI is InChI=1S/C9H7ClN2OS/c10-8-3-1-2-4-9(8)13-5-7-6-14-12-11-7/h1-4,6H,5H2. The van der Waals surface area contributed by atoms with Crippen molar-refractivity contribution >= 4 is 23.1 Å². The van der Waals surface area contributed by atoms with Gasteiger partial charge in [-0.15, -0.1) is 5.10 Å². The van der Waals surface area contributed by atoms with Gasteiger partial charge in [0.2, 0.25) is 0 Å². The quantitative estimate of drug-likeness (QED) is 0.807. The minimum absolute atomic E-state index is 0.403. The summed E-state index contributed by atoms with van der Waals surface area (Å²) < 4.78 is 9.19. The van der Waals surface area contributed by atoms with Crippen molar-refractivity contribution in [2.45, 2.75) is 6.61 Å². The summed E-state index contributed by atoms with van der Waals surface area (Å²) in [5.41, 5.74) is 0.815. The molecule has 5 heteroatoms.